The summed E-state index contributed by atoms with van der Waals surface area (Å²) in [7, 11) is 0. The Morgan fingerprint density at radius 3 is 2.47 bits per heavy atom. The van der Waals surface area contributed by atoms with E-state index in [1.807, 2.05) is 0 Å². The SMILES string of the molecule is O=C(NCC1COCCO1)NC1CCCCCCC1. The van der Waals surface area contributed by atoms with Crippen molar-refractivity contribution in [3.63, 3.8) is 0 Å². The van der Waals surface area contributed by atoms with Gasteiger partial charge in [-0.05, 0) is 12.8 Å². The van der Waals surface area contributed by atoms with Gasteiger partial charge in [-0.3, -0.25) is 0 Å². The van der Waals surface area contributed by atoms with Crippen molar-refractivity contribution in [2.75, 3.05) is 26.4 Å². The number of carbonyl (C=O) groups is 1. The first-order valence-electron chi connectivity index (χ1n) is 7.58. The third-order valence-electron chi connectivity index (χ3n) is 3.82. The highest BCUT2D eigenvalue weighted by Crippen LogP contribution is 2.16. The first-order chi connectivity index (χ1) is 9.34. The summed E-state index contributed by atoms with van der Waals surface area (Å²) >= 11 is 0. The van der Waals surface area contributed by atoms with Crippen molar-refractivity contribution in [1.29, 1.82) is 0 Å². The molecule has 19 heavy (non-hydrogen) atoms. The molecule has 0 aromatic heterocycles. The van der Waals surface area contributed by atoms with Gasteiger partial charge in [0.2, 0.25) is 0 Å². The smallest absolute Gasteiger partial charge is 0.315 e. The lowest BCUT2D eigenvalue weighted by molar-refractivity contribution is -0.0853. The molecule has 1 heterocycles. The molecule has 1 aliphatic heterocycles. The molecule has 0 bridgehead atoms. The molecule has 1 saturated heterocycles. The van der Waals surface area contributed by atoms with Crippen LogP contribution < -0.4 is 10.6 Å². The molecule has 0 radical (unpaired) electrons. The van der Waals surface area contributed by atoms with Crippen molar-refractivity contribution >= 4 is 6.03 Å². The second kappa shape index (κ2) is 8.38. The van der Waals surface area contributed by atoms with Gasteiger partial charge in [0, 0.05) is 12.6 Å². The maximum Gasteiger partial charge on any atom is 0.315 e. The Morgan fingerprint density at radius 1 is 1.05 bits per heavy atom. The lowest BCUT2D eigenvalue weighted by atomic mass is 9.97. The molecule has 1 atom stereocenters. The number of amides is 2. The van der Waals surface area contributed by atoms with Gasteiger partial charge in [0.1, 0.15) is 0 Å². The molecular formula is C14H26N2O3. The Balaban J connectivity index is 1.61. The van der Waals surface area contributed by atoms with Crippen molar-refractivity contribution < 1.29 is 14.3 Å². The van der Waals surface area contributed by atoms with Crippen LogP contribution in [0.1, 0.15) is 44.9 Å². The Hall–Kier alpha value is -0.810. The van der Waals surface area contributed by atoms with Crippen LogP contribution in [-0.2, 0) is 9.47 Å². The normalized spacial score (nSPS) is 26.2. The first kappa shape index (κ1) is 14.6. The van der Waals surface area contributed by atoms with E-state index in [1.165, 1.54) is 32.1 Å². The molecule has 2 N–H and O–H groups in total. The second-order valence-electron chi connectivity index (χ2n) is 5.46. The van der Waals surface area contributed by atoms with E-state index in [0.29, 0.717) is 32.4 Å². The van der Waals surface area contributed by atoms with Crippen LogP contribution in [0.3, 0.4) is 0 Å². The summed E-state index contributed by atoms with van der Waals surface area (Å²) < 4.78 is 10.8. The average Bonchev–Trinajstić information content (AvgIpc) is 2.41. The fourth-order valence-electron chi connectivity index (χ4n) is 2.70. The lowest BCUT2D eigenvalue weighted by Gasteiger charge is -2.24. The standard InChI is InChI=1S/C14H26N2O3/c17-14(15-10-13-11-18-8-9-19-13)16-12-6-4-2-1-3-5-7-12/h12-13H,1-11H2,(H2,15,16,17). The number of hydrogen-bond acceptors (Lipinski definition) is 3. The van der Waals surface area contributed by atoms with E-state index >= 15 is 0 Å². The Kier molecular flexibility index (Phi) is 6.44. The maximum atomic E-state index is 11.8. The fourth-order valence-corrected chi connectivity index (χ4v) is 2.70. The van der Waals surface area contributed by atoms with Crippen molar-refractivity contribution in [3.8, 4) is 0 Å². The quantitative estimate of drug-likeness (QED) is 0.822. The van der Waals surface area contributed by atoms with Gasteiger partial charge in [-0.1, -0.05) is 32.1 Å². The molecule has 2 rings (SSSR count). The molecule has 1 unspecified atom stereocenters. The summed E-state index contributed by atoms with van der Waals surface area (Å²) in [5.41, 5.74) is 0. The number of ether oxygens (including phenoxy) is 2. The van der Waals surface area contributed by atoms with E-state index in [1.54, 1.807) is 0 Å². The third kappa shape index (κ3) is 5.78. The minimum atomic E-state index is -0.0697. The van der Waals surface area contributed by atoms with Crippen LogP contribution in [0.25, 0.3) is 0 Å². The predicted molar refractivity (Wildman–Crippen MR) is 73.2 cm³/mol. The van der Waals surface area contributed by atoms with Gasteiger partial charge in [0.05, 0.1) is 25.9 Å². The van der Waals surface area contributed by atoms with E-state index in [9.17, 15) is 4.79 Å². The highest BCUT2D eigenvalue weighted by molar-refractivity contribution is 5.74. The molecule has 1 saturated carbocycles. The zero-order valence-corrected chi connectivity index (χ0v) is 11.7. The molecule has 2 amide bonds. The molecule has 0 aromatic carbocycles. The van der Waals surface area contributed by atoms with Gasteiger partial charge >= 0.3 is 6.03 Å². The molecule has 0 spiro atoms. The zero-order chi connectivity index (χ0) is 13.3. The van der Waals surface area contributed by atoms with Crippen LogP contribution in [0, 0.1) is 0 Å². The van der Waals surface area contributed by atoms with Gasteiger partial charge in [-0.2, -0.15) is 0 Å². The number of rotatable bonds is 3. The number of hydrogen-bond donors (Lipinski definition) is 2. The van der Waals surface area contributed by atoms with Crippen LogP contribution in [-0.4, -0.2) is 44.5 Å². The third-order valence-corrected chi connectivity index (χ3v) is 3.82. The molecule has 110 valence electrons. The topological polar surface area (TPSA) is 59.6 Å². The number of nitrogens with one attached hydrogen (secondary N) is 2. The zero-order valence-electron chi connectivity index (χ0n) is 11.7. The highest BCUT2D eigenvalue weighted by atomic mass is 16.6. The van der Waals surface area contributed by atoms with Gasteiger partial charge in [0.15, 0.2) is 0 Å². The van der Waals surface area contributed by atoms with Crippen LogP contribution in [0.5, 0.6) is 0 Å². The molecule has 0 aromatic rings. The van der Waals surface area contributed by atoms with Gasteiger partial charge < -0.3 is 20.1 Å². The number of carbonyl (C=O) groups excluding carboxylic acids is 1. The molecule has 5 heteroatoms. The van der Waals surface area contributed by atoms with Crippen LogP contribution in [0.2, 0.25) is 0 Å². The monoisotopic (exact) mass is 270 g/mol. The maximum absolute atomic E-state index is 11.8. The summed E-state index contributed by atoms with van der Waals surface area (Å²) in [6, 6.07) is 0.267. The molecular weight excluding hydrogens is 244 g/mol. The second-order valence-corrected chi connectivity index (χ2v) is 5.46. The number of urea groups is 1. The van der Waals surface area contributed by atoms with Crippen molar-refractivity contribution in [2.45, 2.75) is 57.1 Å². The Labute approximate surface area is 115 Å². The van der Waals surface area contributed by atoms with Crippen molar-refractivity contribution in [3.05, 3.63) is 0 Å². The van der Waals surface area contributed by atoms with E-state index < -0.39 is 0 Å². The Morgan fingerprint density at radius 2 is 1.79 bits per heavy atom. The summed E-state index contributed by atoms with van der Waals surface area (Å²) in [5.74, 6) is 0. The van der Waals surface area contributed by atoms with E-state index in [2.05, 4.69) is 10.6 Å². The fraction of sp³-hybridized carbons (Fsp3) is 0.929. The Bertz CT molecular complexity index is 259. The van der Waals surface area contributed by atoms with E-state index in [0.717, 1.165) is 12.8 Å². The lowest BCUT2D eigenvalue weighted by Crippen LogP contribution is -2.46. The first-order valence-corrected chi connectivity index (χ1v) is 7.58. The van der Waals surface area contributed by atoms with Gasteiger partial charge in [-0.25, -0.2) is 4.79 Å². The summed E-state index contributed by atoms with van der Waals surface area (Å²) in [4.78, 5) is 11.8. The van der Waals surface area contributed by atoms with Gasteiger partial charge in [-0.15, -0.1) is 0 Å². The van der Waals surface area contributed by atoms with E-state index in [-0.39, 0.29) is 12.1 Å². The molecule has 2 aliphatic rings. The van der Waals surface area contributed by atoms with E-state index in [4.69, 9.17) is 9.47 Å². The highest BCUT2D eigenvalue weighted by Gasteiger charge is 2.17. The molecule has 5 nitrogen and oxygen atoms in total. The summed E-state index contributed by atoms with van der Waals surface area (Å²) in [6.45, 7) is 2.38. The van der Waals surface area contributed by atoms with Gasteiger partial charge in [0.25, 0.3) is 0 Å². The van der Waals surface area contributed by atoms with Crippen molar-refractivity contribution in [2.24, 2.45) is 0 Å². The average molecular weight is 270 g/mol. The summed E-state index contributed by atoms with van der Waals surface area (Å²) in [5, 5.41) is 5.96. The summed E-state index contributed by atoms with van der Waals surface area (Å²) in [6.07, 6.45) is 8.61. The minimum Gasteiger partial charge on any atom is -0.376 e. The predicted octanol–water partition coefficient (Wildman–Crippen LogP) is 1.81. The minimum absolute atomic E-state index is 0.00293. The molecule has 1 aliphatic carbocycles. The molecule has 2 fully saturated rings. The van der Waals surface area contributed by atoms with Crippen LogP contribution in [0.4, 0.5) is 4.79 Å². The van der Waals surface area contributed by atoms with Crippen LogP contribution >= 0.6 is 0 Å². The van der Waals surface area contributed by atoms with Crippen molar-refractivity contribution in [1.82, 2.24) is 10.6 Å². The van der Waals surface area contributed by atoms with Crippen LogP contribution in [0.15, 0.2) is 0 Å². The largest absolute Gasteiger partial charge is 0.376 e.